The van der Waals surface area contributed by atoms with Crippen molar-refractivity contribution in [3.63, 3.8) is 0 Å². The Bertz CT molecular complexity index is 1070. The number of hydrogen-bond acceptors (Lipinski definition) is 7. The highest BCUT2D eigenvalue weighted by atomic mass is 16.7. The molecular weight excluding hydrogens is 398 g/mol. The molecule has 2 bridgehead atoms. The summed E-state index contributed by atoms with van der Waals surface area (Å²) in [4.78, 5) is 0. The van der Waals surface area contributed by atoms with Crippen LogP contribution < -0.4 is 14.8 Å². The Morgan fingerprint density at radius 1 is 1.06 bits per heavy atom. The van der Waals surface area contributed by atoms with Crippen LogP contribution in [0.4, 0.5) is 0 Å². The van der Waals surface area contributed by atoms with Crippen LogP contribution in [0, 0.1) is 0 Å². The van der Waals surface area contributed by atoms with Crippen LogP contribution in [-0.4, -0.2) is 52.8 Å². The Labute approximate surface area is 179 Å². The molecule has 1 aromatic heterocycles. The zero-order chi connectivity index (χ0) is 20.8. The van der Waals surface area contributed by atoms with Gasteiger partial charge >= 0.3 is 0 Å². The van der Waals surface area contributed by atoms with Crippen molar-refractivity contribution in [2.75, 3.05) is 13.4 Å². The topological polar surface area (TPSA) is 87.0 Å². The molecule has 2 fully saturated rings. The highest BCUT2D eigenvalue weighted by Gasteiger charge is 2.51. The molecule has 4 heterocycles. The molecule has 3 aliphatic heterocycles. The summed E-state index contributed by atoms with van der Waals surface area (Å²) in [7, 11) is 0. The van der Waals surface area contributed by atoms with Crippen LogP contribution in [0.15, 0.2) is 60.9 Å². The standard InChI is InChI=1S/C23H23N3O5/c27-22-20(24-9-14-6-7-17-18(8-14)30-13-29-17)19-12-28-23(31-19)21(22)26-11-16(10-25-26)15-4-2-1-3-5-15/h1-8,10-11,19-24,27H,9,12-13H2/t19-,20-,21-,22+,23-/m1/s1. The Morgan fingerprint density at radius 2 is 1.94 bits per heavy atom. The van der Waals surface area contributed by atoms with Gasteiger partial charge in [-0.1, -0.05) is 36.4 Å². The van der Waals surface area contributed by atoms with Crippen molar-refractivity contribution >= 4 is 0 Å². The average molecular weight is 421 g/mol. The van der Waals surface area contributed by atoms with E-state index in [1.54, 1.807) is 10.9 Å². The first-order valence-corrected chi connectivity index (χ1v) is 10.4. The summed E-state index contributed by atoms with van der Waals surface area (Å²) in [6.45, 7) is 1.24. The van der Waals surface area contributed by atoms with Crippen molar-refractivity contribution in [2.45, 2.75) is 37.1 Å². The number of benzene rings is 2. The van der Waals surface area contributed by atoms with E-state index in [1.807, 2.05) is 54.7 Å². The molecule has 0 saturated carbocycles. The Hall–Kier alpha value is -2.91. The van der Waals surface area contributed by atoms with Gasteiger partial charge in [0, 0.05) is 18.3 Å². The number of ether oxygens (including phenoxy) is 4. The quantitative estimate of drug-likeness (QED) is 0.652. The summed E-state index contributed by atoms with van der Waals surface area (Å²) in [6.07, 6.45) is 2.28. The number of hydrogen-bond donors (Lipinski definition) is 2. The fraction of sp³-hybridized carbons (Fsp3) is 0.348. The smallest absolute Gasteiger partial charge is 0.231 e. The first-order valence-electron chi connectivity index (χ1n) is 10.4. The summed E-state index contributed by atoms with van der Waals surface area (Å²) < 4.78 is 24.5. The molecule has 3 aromatic rings. The molecule has 0 unspecified atom stereocenters. The van der Waals surface area contributed by atoms with E-state index in [9.17, 15) is 5.11 Å². The van der Waals surface area contributed by atoms with Crippen LogP contribution in [0.25, 0.3) is 11.1 Å². The van der Waals surface area contributed by atoms with E-state index in [0.717, 1.165) is 28.2 Å². The van der Waals surface area contributed by atoms with Gasteiger partial charge in [-0.15, -0.1) is 0 Å². The lowest BCUT2D eigenvalue weighted by Gasteiger charge is -2.38. The molecule has 0 radical (unpaired) electrons. The minimum atomic E-state index is -0.719. The molecule has 2 N–H and O–H groups in total. The Morgan fingerprint density at radius 3 is 2.84 bits per heavy atom. The number of aromatic nitrogens is 2. The lowest BCUT2D eigenvalue weighted by Crippen LogP contribution is -2.57. The van der Waals surface area contributed by atoms with Crippen LogP contribution in [0.3, 0.4) is 0 Å². The second-order valence-corrected chi connectivity index (χ2v) is 8.03. The molecule has 6 rings (SSSR count). The van der Waals surface area contributed by atoms with Crippen molar-refractivity contribution in [1.82, 2.24) is 15.1 Å². The second kappa shape index (κ2) is 7.65. The number of rotatable bonds is 5. The number of aliphatic hydroxyl groups excluding tert-OH is 1. The molecule has 3 aliphatic rings. The summed E-state index contributed by atoms with van der Waals surface area (Å²) >= 11 is 0. The van der Waals surface area contributed by atoms with E-state index in [4.69, 9.17) is 18.9 Å². The minimum Gasteiger partial charge on any atom is -0.454 e. The van der Waals surface area contributed by atoms with Crippen LogP contribution in [0.5, 0.6) is 11.5 Å². The molecule has 31 heavy (non-hydrogen) atoms. The molecule has 8 nitrogen and oxygen atoms in total. The molecule has 5 atom stereocenters. The third-order valence-electron chi connectivity index (χ3n) is 6.12. The van der Waals surface area contributed by atoms with E-state index < -0.39 is 18.4 Å². The maximum Gasteiger partial charge on any atom is 0.231 e. The lowest BCUT2D eigenvalue weighted by molar-refractivity contribution is -0.168. The number of nitrogens with zero attached hydrogens (tertiary/aromatic N) is 2. The first-order chi connectivity index (χ1) is 15.3. The van der Waals surface area contributed by atoms with Gasteiger partial charge in [-0.3, -0.25) is 4.68 Å². The Kier molecular flexibility index (Phi) is 4.65. The summed E-state index contributed by atoms with van der Waals surface area (Å²) in [6, 6.07) is 15.1. The van der Waals surface area contributed by atoms with Crippen molar-refractivity contribution < 1.29 is 24.1 Å². The molecule has 8 heteroatoms. The normalized spacial score (nSPS) is 28.7. The summed E-state index contributed by atoms with van der Waals surface area (Å²) in [5.74, 6) is 1.50. The number of nitrogens with one attached hydrogen (secondary N) is 1. The van der Waals surface area contributed by atoms with E-state index in [1.165, 1.54) is 0 Å². The molecule has 2 saturated heterocycles. The number of aliphatic hydroxyl groups is 1. The van der Waals surface area contributed by atoms with Crippen LogP contribution >= 0.6 is 0 Å². The second-order valence-electron chi connectivity index (χ2n) is 8.03. The molecule has 0 amide bonds. The fourth-order valence-corrected chi connectivity index (χ4v) is 4.50. The Balaban J connectivity index is 1.21. The predicted molar refractivity (Wildman–Crippen MR) is 111 cm³/mol. The largest absolute Gasteiger partial charge is 0.454 e. The van der Waals surface area contributed by atoms with Crippen LogP contribution in [0.2, 0.25) is 0 Å². The van der Waals surface area contributed by atoms with E-state index in [0.29, 0.717) is 13.2 Å². The number of fused-ring (bicyclic) bond motifs is 3. The van der Waals surface area contributed by atoms with Crippen molar-refractivity contribution in [3.8, 4) is 22.6 Å². The van der Waals surface area contributed by atoms with Crippen molar-refractivity contribution in [3.05, 3.63) is 66.5 Å². The molecule has 160 valence electrons. The van der Waals surface area contributed by atoms with E-state index in [-0.39, 0.29) is 18.9 Å². The van der Waals surface area contributed by atoms with Gasteiger partial charge in [0.15, 0.2) is 17.8 Å². The summed E-state index contributed by atoms with van der Waals surface area (Å²) in [5.41, 5.74) is 3.10. The minimum absolute atomic E-state index is 0.214. The van der Waals surface area contributed by atoms with Crippen molar-refractivity contribution in [1.29, 1.82) is 0 Å². The van der Waals surface area contributed by atoms with Gasteiger partial charge in [0.2, 0.25) is 6.79 Å². The van der Waals surface area contributed by atoms with Gasteiger partial charge in [-0.05, 0) is 23.3 Å². The van der Waals surface area contributed by atoms with Crippen molar-refractivity contribution in [2.24, 2.45) is 0 Å². The molecule has 0 spiro atoms. The fourth-order valence-electron chi connectivity index (χ4n) is 4.50. The van der Waals surface area contributed by atoms with Gasteiger partial charge in [0.05, 0.1) is 24.9 Å². The van der Waals surface area contributed by atoms with Crippen LogP contribution in [0.1, 0.15) is 11.6 Å². The molecule has 0 aliphatic carbocycles. The van der Waals surface area contributed by atoms with Gasteiger partial charge in [-0.2, -0.15) is 5.10 Å². The predicted octanol–water partition coefficient (Wildman–Crippen LogP) is 2.09. The van der Waals surface area contributed by atoms with Gasteiger partial charge < -0.3 is 29.4 Å². The van der Waals surface area contributed by atoms with E-state index in [2.05, 4.69) is 10.4 Å². The maximum atomic E-state index is 11.2. The lowest BCUT2D eigenvalue weighted by atomic mass is 9.95. The molecular formula is C23H23N3O5. The zero-order valence-electron chi connectivity index (χ0n) is 16.8. The highest BCUT2D eigenvalue weighted by molar-refractivity contribution is 5.61. The van der Waals surface area contributed by atoms with Crippen LogP contribution in [-0.2, 0) is 16.0 Å². The SMILES string of the molecule is O[C@H]1[C@H](NCc2ccc3c(c2)OCO3)[C@H]2CO[C@H](O2)[C@@H]1n1cc(-c2ccccc2)cn1. The van der Waals surface area contributed by atoms with Gasteiger partial charge in [0.1, 0.15) is 12.1 Å². The van der Waals surface area contributed by atoms with E-state index >= 15 is 0 Å². The first kappa shape index (κ1) is 18.8. The zero-order valence-corrected chi connectivity index (χ0v) is 16.8. The third-order valence-corrected chi connectivity index (χ3v) is 6.12. The molecule has 2 aromatic carbocycles. The van der Waals surface area contributed by atoms with Gasteiger partial charge in [0.25, 0.3) is 0 Å². The monoisotopic (exact) mass is 421 g/mol. The maximum absolute atomic E-state index is 11.2. The average Bonchev–Trinajstić information content (AvgIpc) is 3.55. The third kappa shape index (κ3) is 3.37. The summed E-state index contributed by atoms with van der Waals surface area (Å²) in [5, 5.41) is 19.2. The van der Waals surface area contributed by atoms with Gasteiger partial charge in [-0.25, -0.2) is 0 Å². The highest BCUT2D eigenvalue weighted by Crippen LogP contribution is 2.37.